The third kappa shape index (κ3) is 2.44. The Kier molecular flexibility index (Phi) is 3.82. The van der Waals surface area contributed by atoms with Gasteiger partial charge >= 0.3 is 27.1 Å². The van der Waals surface area contributed by atoms with Crippen molar-refractivity contribution >= 4 is 17.2 Å². The monoisotopic (exact) mass is 92.0 g/mol. The molecule has 0 aliphatic carbocycles. The van der Waals surface area contributed by atoms with Crippen molar-refractivity contribution in [3.8, 4) is 5.37 Å². The maximum atomic E-state index is 9.14. The van der Waals surface area contributed by atoms with Crippen molar-refractivity contribution in [3.05, 3.63) is 0 Å². The Labute approximate surface area is 28.1 Å². The predicted octanol–water partition coefficient (Wildman–Crippen LogP) is 1.07. The molecule has 0 saturated heterocycles. The van der Waals surface area contributed by atoms with Crippen molar-refractivity contribution < 1.29 is 4.57 Å². The van der Waals surface area contributed by atoms with Gasteiger partial charge in [0, 0.05) is 0 Å². The molecule has 1 nitrogen and oxygen atoms in total. The molecule has 0 radical (unpaired) electrons. The SMILES string of the molecule is O=P#CP. The Morgan fingerprint density at radius 1 is 2.00 bits per heavy atom. The Hall–Kier alpha value is 0.440. The van der Waals surface area contributed by atoms with E-state index in [1.54, 1.807) is 0 Å². The van der Waals surface area contributed by atoms with Crippen LogP contribution in [0.1, 0.15) is 0 Å². The molecule has 0 heterocycles. The third-order valence-electron chi connectivity index (χ3n) is 0.0527. The molecule has 3 heteroatoms. The van der Waals surface area contributed by atoms with Crippen molar-refractivity contribution in [1.29, 1.82) is 0 Å². The van der Waals surface area contributed by atoms with Crippen molar-refractivity contribution in [2.45, 2.75) is 0 Å². The van der Waals surface area contributed by atoms with Crippen LogP contribution < -0.4 is 0 Å². The average molecular weight is 92.0 g/mol. The standard InChI is InChI=1S/CH2OP2/c2-4-1-3/h3H2. The van der Waals surface area contributed by atoms with Gasteiger partial charge in [0.15, 0.2) is 0 Å². The number of rotatable bonds is 0. The second kappa shape index (κ2) is 3.44. The first kappa shape index (κ1) is 4.44. The summed E-state index contributed by atoms with van der Waals surface area (Å²) >= 11 is 0. The van der Waals surface area contributed by atoms with Crippen LogP contribution in [0.2, 0.25) is 0 Å². The van der Waals surface area contributed by atoms with Gasteiger partial charge in [-0.3, -0.25) is 0 Å². The molecule has 1 unspecified atom stereocenters. The third-order valence-corrected chi connectivity index (χ3v) is 0.474. The van der Waals surface area contributed by atoms with Gasteiger partial charge in [-0.2, -0.15) is 0 Å². The Balaban J connectivity index is 3.53. The number of hydrogen-bond acceptors (Lipinski definition) is 1. The molecule has 0 saturated carbocycles. The van der Waals surface area contributed by atoms with Gasteiger partial charge in [0.25, 0.3) is 0 Å². The summed E-state index contributed by atoms with van der Waals surface area (Å²) in [5.74, 6) is 0. The van der Waals surface area contributed by atoms with E-state index in [2.05, 4.69) is 14.6 Å². The van der Waals surface area contributed by atoms with E-state index in [9.17, 15) is 0 Å². The second-order valence-corrected chi connectivity index (χ2v) is 1.44. The first-order chi connectivity index (χ1) is 1.91. The van der Waals surface area contributed by atoms with E-state index < -0.39 is 0 Å². The summed E-state index contributed by atoms with van der Waals surface area (Å²) in [6, 6.07) is 0. The summed E-state index contributed by atoms with van der Waals surface area (Å²) < 4.78 is 9.14. The first-order valence-corrected chi connectivity index (χ1v) is 2.08. The van der Waals surface area contributed by atoms with Crippen LogP contribution in [-0.2, 0) is 4.57 Å². The van der Waals surface area contributed by atoms with Crippen LogP contribution in [0, 0.1) is 5.37 Å². The zero-order chi connectivity index (χ0) is 3.41. The minimum atomic E-state index is -0.0386. The van der Waals surface area contributed by atoms with Crippen molar-refractivity contribution in [2.75, 3.05) is 0 Å². The van der Waals surface area contributed by atoms with Crippen LogP contribution in [0.5, 0.6) is 0 Å². The summed E-state index contributed by atoms with van der Waals surface area (Å²) in [5.41, 5.74) is 0. The summed E-state index contributed by atoms with van der Waals surface area (Å²) in [6.07, 6.45) is 0. The predicted molar refractivity (Wildman–Crippen MR) is 21.2 cm³/mol. The molecule has 0 rings (SSSR count). The van der Waals surface area contributed by atoms with E-state index in [-0.39, 0.29) is 7.92 Å². The second-order valence-electron chi connectivity index (χ2n) is 0.220. The van der Waals surface area contributed by atoms with Crippen LogP contribution >= 0.6 is 17.2 Å². The van der Waals surface area contributed by atoms with Gasteiger partial charge in [-0.15, -0.1) is 0 Å². The fourth-order valence-corrected chi connectivity index (χ4v) is 0. The molecule has 0 amide bonds. The average Bonchev–Trinajstić information content (AvgIpc) is 1.37. The molecular formula is CH2OP2. The van der Waals surface area contributed by atoms with E-state index in [1.807, 2.05) is 0 Å². The quantitative estimate of drug-likeness (QED) is 0.408. The van der Waals surface area contributed by atoms with Crippen LogP contribution in [0.3, 0.4) is 0 Å². The van der Waals surface area contributed by atoms with Crippen molar-refractivity contribution in [1.82, 2.24) is 0 Å². The maximum absolute atomic E-state index is 9.14. The fraction of sp³-hybridized carbons (Fsp3) is 0. The van der Waals surface area contributed by atoms with E-state index in [1.165, 1.54) is 0 Å². The molecule has 0 aliphatic rings. The van der Waals surface area contributed by atoms with Crippen LogP contribution in [0.4, 0.5) is 0 Å². The first-order valence-electron chi connectivity index (χ1n) is 0.695. The zero-order valence-corrected chi connectivity index (χ0v) is 3.98. The summed E-state index contributed by atoms with van der Waals surface area (Å²) in [5, 5.41) is 2.26. The van der Waals surface area contributed by atoms with E-state index in [4.69, 9.17) is 4.57 Å². The van der Waals surface area contributed by atoms with Gasteiger partial charge in [-0.1, -0.05) is 0 Å². The fourth-order valence-electron chi connectivity index (χ4n) is 0. The van der Waals surface area contributed by atoms with E-state index in [0.29, 0.717) is 0 Å². The van der Waals surface area contributed by atoms with Crippen LogP contribution in [0.15, 0.2) is 0 Å². The van der Waals surface area contributed by atoms with Crippen LogP contribution in [-0.4, -0.2) is 0 Å². The molecule has 0 aromatic heterocycles. The summed E-state index contributed by atoms with van der Waals surface area (Å²) in [4.78, 5) is 0. The molecule has 0 spiro atoms. The molecule has 0 bridgehead atoms. The minimum absolute atomic E-state index is 0.0386. The van der Waals surface area contributed by atoms with Gasteiger partial charge in [0.05, 0.1) is 0 Å². The molecule has 0 aliphatic heterocycles. The van der Waals surface area contributed by atoms with Gasteiger partial charge in [0.1, 0.15) is 0 Å². The van der Waals surface area contributed by atoms with Crippen LogP contribution in [0.25, 0.3) is 0 Å². The Bertz CT molecular complexity index is 77.2. The Morgan fingerprint density at radius 3 is 2.25 bits per heavy atom. The topological polar surface area (TPSA) is 17.1 Å². The summed E-state index contributed by atoms with van der Waals surface area (Å²) in [6.45, 7) is 0. The molecule has 4 heavy (non-hydrogen) atoms. The molecule has 0 fully saturated rings. The molecule has 0 N–H and O–H groups in total. The van der Waals surface area contributed by atoms with Gasteiger partial charge in [-0.05, 0) is 0 Å². The normalized spacial score (nSPS) is 4.25. The summed E-state index contributed by atoms with van der Waals surface area (Å²) in [7, 11) is 2.04. The van der Waals surface area contributed by atoms with E-state index in [0.717, 1.165) is 0 Å². The van der Waals surface area contributed by atoms with Crippen molar-refractivity contribution in [2.24, 2.45) is 0 Å². The molecule has 0 aromatic rings. The molecule has 22 valence electrons. The van der Waals surface area contributed by atoms with Gasteiger partial charge < -0.3 is 0 Å². The van der Waals surface area contributed by atoms with Gasteiger partial charge in [0.2, 0.25) is 0 Å². The molecule has 1 atom stereocenters. The molecular weight excluding hydrogens is 90.0 g/mol. The zero-order valence-electron chi connectivity index (χ0n) is 1.93. The van der Waals surface area contributed by atoms with Gasteiger partial charge in [-0.25, -0.2) is 0 Å². The van der Waals surface area contributed by atoms with E-state index >= 15 is 0 Å². The number of hydrogen-bond donors (Lipinski definition) is 0. The van der Waals surface area contributed by atoms with Crippen molar-refractivity contribution in [3.63, 3.8) is 0 Å². The molecule has 0 aromatic carbocycles. The Morgan fingerprint density at radius 2 is 2.25 bits per heavy atom.